The molecule has 0 bridgehead atoms. The molecule has 0 aliphatic rings. The van der Waals surface area contributed by atoms with Crippen LogP contribution in [-0.2, 0) is 0 Å². The minimum Gasteiger partial charge on any atom is -0.456 e. The normalized spacial score (nSPS) is 11.9. The van der Waals surface area contributed by atoms with Crippen molar-refractivity contribution in [1.29, 1.82) is 0 Å². The Balaban J connectivity index is 1.05. The monoisotopic (exact) mass is 747 g/mol. The number of hydrogen-bond acceptors (Lipinski definition) is 6. The number of para-hydroxylation sites is 1. The molecular formula is C51H29N3O2S. The Morgan fingerprint density at radius 2 is 0.895 bits per heavy atom. The third-order valence-corrected chi connectivity index (χ3v) is 12.1. The molecule has 6 heteroatoms. The molecular weight excluding hydrogens is 719 g/mol. The molecule has 0 unspecified atom stereocenters. The van der Waals surface area contributed by atoms with Crippen molar-refractivity contribution in [1.82, 2.24) is 15.0 Å². The van der Waals surface area contributed by atoms with Gasteiger partial charge in [0.2, 0.25) is 0 Å². The number of benzene rings is 8. The van der Waals surface area contributed by atoms with Gasteiger partial charge in [0.1, 0.15) is 22.3 Å². The summed E-state index contributed by atoms with van der Waals surface area (Å²) in [4.78, 5) is 14.8. The van der Waals surface area contributed by atoms with E-state index in [1.54, 1.807) is 0 Å². The second-order valence-electron chi connectivity index (χ2n) is 14.3. The van der Waals surface area contributed by atoms with Crippen molar-refractivity contribution in [3.05, 3.63) is 176 Å². The van der Waals surface area contributed by atoms with E-state index in [2.05, 4.69) is 97.1 Å². The van der Waals surface area contributed by atoms with Crippen LogP contribution in [0.4, 0.5) is 0 Å². The molecule has 0 aliphatic carbocycles. The van der Waals surface area contributed by atoms with E-state index in [4.69, 9.17) is 23.8 Å². The van der Waals surface area contributed by atoms with E-state index in [1.165, 1.54) is 25.7 Å². The molecule has 0 saturated carbocycles. The Bertz CT molecular complexity index is 3470. The predicted molar refractivity (Wildman–Crippen MR) is 234 cm³/mol. The van der Waals surface area contributed by atoms with Crippen LogP contribution in [-0.4, -0.2) is 15.0 Å². The zero-order valence-electron chi connectivity index (χ0n) is 30.3. The standard InChI is InChI=1S/C51H29N3O2S/c1-3-13-30(14-4-1)49-52-50(31-15-5-2-6-16-31)54-51(53-49)32-25-26-38-42(29-32)55-41-22-11-19-34(45(38)41)36-28-27-35(47-37-17-7-9-21-40(37)56-48(36)47)33-20-12-24-44-46(33)39-18-8-10-23-43(39)57-44/h1-29H. The average molecular weight is 748 g/mol. The minimum absolute atomic E-state index is 0.582. The molecule has 12 aromatic rings. The maximum Gasteiger partial charge on any atom is 0.164 e. The Morgan fingerprint density at radius 1 is 0.333 bits per heavy atom. The number of thiophene rings is 1. The maximum atomic E-state index is 6.84. The molecule has 8 aromatic carbocycles. The molecule has 4 heterocycles. The number of furan rings is 2. The maximum absolute atomic E-state index is 6.84. The van der Waals surface area contributed by atoms with Crippen LogP contribution in [0.5, 0.6) is 0 Å². The van der Waals surface area contributed by atoms with Crippen LogP contribution >= 0.6 is 11.3 Å². The quantitative estimate of drug-likeness (QED) is 0.175. The summed E-state index contributed by atoms with van der Waals surface area (Å²) >= 11 is 1.84. The Morgan fingerprint density at radius 3 is 1.67 bits per heavy atom. The number of rotatable bonds is 5. The second kappa shape index (κ2) is 12.6. The van der Waals surface area contributed by atoms with E-state index in [1.807, 2.05) is 90.2 Å². The van der Waals surface area contributed by atoms with Gasteiger partial charge in [-0.05, 0) is 59.2 Å². The van der Waals surface area contributed by atoms with E-state index in [0.717, 1.165) is 77.3 Å². The van der Waals surface area contributed by atoms with Crippen molar-refractivity contribution in [2.24, 2.45) is 0 Å². The summed E-state index contributed by atoms with van der Waals surface area (Å²) in [5.74, 6) is 1.82. The second-order valence-corrected chi connectivity index (χ2v) is 15.4. The minimum atomic E-state index is 0.582. The third-order valence-electron chi connectivity index (χ3n) is 11.0. The molecule has 0 radical (unpaired) electrons. The Labute approximate surface area is 330 Å². The summed E-state index contributed by atoms with van der Waals surface area (Å²) in [6, 6.07) is 60.8. The fourth-order valence-electron chi connectivity index (χ4n) is 8.39. The van der Waals surface area contributed by atoms with Crippen LogP contribution in [0.2, 0.25) is 0 Å². The van der Waals surface area contributed by atoms with Gasteiger partial charge in [0.25, 0.3) is 0 Å². The molecule has 0 fully saturated rings. The van der Waals surface area contributed by atoms with E-state index in [9.17, 15) is 0 Å². The van der Waals surface area contributed by atoms with Crippen LogP contribution in [0.25, 0.3) is 120 Å². The first kappa shape index (κ1) is 31.9. The zero-order valence-corrected chi connectivity index (χ0v) is 31.1. The van der Waals surface area contributed by atoms with E-state index in [-0.39, 0.29) is 0 Å². The molecule has 0 spiro atoms. The summed E-state index contributed by atoms with van der Waals surface area (Å²) in [7, 11) is 0. The molecule has 0 atom stereocenters. The molecule has 57 heavy (non-hydrogen) atoms. The van der Waals surface area contributed by atoms with Gasteiger partial charge in [-0.3, -0.25) is 0 Å². The third kappa shape index (κ3) is 5.04. The molecule has 4 aromatic heterocycles. The van der Waals surface area contributed by atoms with Gasteiger partial charge < -0.3 is 8.83 Å². The first-order chi connectivity index (χ1) is 28.2. The lowest BCUT2D eigenvalue weighted by molar-refractivity contribution is 0.669. The molecule has 0 aliphatic heterocycles. The van der Waals surface area contributed by atoms with Gasteiger partial charge in [-0.2, -0.15) is 0 Å². The largest absolute Gasteiger partial charge is 0.456 e. The smallest absolute Gasteiger partial charge is 0.164 e. The highest BCUT2D eigenvalue weighted by Crippen LogP contribution is 2.48. The van der Waals surface area contributed by atoms with Gasteiger partial charge in [0.05, 0.1) is 0 Å². The van der Waals surface area contributed by atoms with Crippen molar-refractivity contribution in [2.75, 3.05) is 0 Å². The summed E-state index contributed by atoms with van der Waals surface area (Å²) in [5.41, 5.74) is 10.4. The van der Waals surface area contributed by atoms with E-state index in [0.29, 0.717) is 17.5 Å². The van der Waals surface area contributed by atoms with Crippen LogP contribution in [0, 0.1) is 0 Å². The summed E-state index contributed by atoms with van der Waals surface area (Å²) < 4.78 is 16.1. The fraction of sp³-hybridized carbons (Fsp3) is 0. The predicted octanol–water partition coefficient (Wildman–Crippen LogP) is 14.4. The topological polar surface area (TPSA) is 65.0 Å². The molecule has 0 N–H and O–H groups in total. The molecule has 12 rings (SSSR count). The Kier molecular flexibility index (Phi) is 7.03. The summed E-state index contributed by atoms with van der Waals surface area (Å²) in [6.45, 7) is 0. The molecule has 5 nitrogen and oxygen atoms in total. The van der Waals surface area contributed by atoms with E-state index >= 15 is 0 Å². The molecule has 0 amide bonds. The molecule has 0 saturated heterocycles. The molecule has 266 valence electrons. The Hall–Kier alpha value is -7.41. The number of nitrogens with zero attached hydrogens (tertiary/aromatic N) is 3. The summed E-state index contributed by atoms with van der Waals surface area (Å²) in [5, 5.41) is 6.80. The average Bonchev–Trinajstić information content (AvgIpc) is 3.98. The number of hydrogen-bond donors (Lipinski definition) is 0. The lowest BCUT2D eigenvalue weighted by Gasteiger charge is -2.11. The van der Waals surface area contributed by atoms with Crippen LogP contribution in [0.3, 0.4) is 0 Å². The highest BCUT2D eigenvalue weighted by Gasteiger charge is 2.22. The van der Waals surface area contributed by atoms with Gasteiger partial charge in [-0.15, -0.1) is 11.3 Å². The van der Waals surface area contributed by atoms with Crippen molar-refractivity contribution in [3.8, 4) is 56.4 Å². The van der Waals surface area contributed by atoms with Crippen molar-refractivity contribution in [2.45, 2.75) is 0 Å². The van der Waals surface area contributed by atoms with E-state index < -0.39 is 0 Å². The van der Waals surface area contributed by atoms with Crippen LogP contribution in [0.1, 0.15) is 0 Å². The first-order valence-electron chi connectivity index (χ1n) is 18.9. The highest BCUT2D eigenvalue weighted by atomic mass is 32.1. The first-order valence-corrected chi connectivity index (χ1v) is 19.7. The van der Waals surface area contributed by atoms with Crippen molar-refractivity contribution in [3.63, 3.8) is 0 Å². The van der Waals surface area contributed by atoms with Gasteiger partial charge >= 0.3 is 0 Å². The van der Waals surface area contributed by atoms with Crippen molar-refractivity contribution >= 4 is 75.4 Å². The fourth-order valence-corrected chi connectivity index (χ4v) is 9.52. The highest BCUT2D eigenvalue weighted by molar-refractivity contribution is 7.25. The van der Waals surface area contributed by atoms with Crippen LogP contribution < -0.4 is 0 Å². The zero-order chi connectivity index (χ0) is 37.5. The van der Waals surface area contributed by atoms with Crippen LogP contribution in [0.15, 0.2) is 185 Å². The number of fused-ring (bicyclic) bond motifs is 9. The lowest BCUT2D eigenvalue weighted by Crippen LogP contribution is -2.00. The lowest BCUT2D eigenvalue weighted by atomic mass is 9.91. The van der Waals surface area contributed by atoms with Gasteiger partial charge in [0.15, 0.2) is 17.5 Å². The van der Waals surface area contributed by atoms with Gasteiger partial charge in [-0.1, -0.05) is 133 Å². The number of aromatic nitrogens is 3. The van der Waals surface area contributed by atoms with Crippen molar-refractivity contribution < 1.29 is 8.83 Å². The SMILES string of the molecule is c1ccc(-c2nc(-c3ccccc3)nc(-c3ccc4c(c3)oc3cccc(-c5ccc(-c6cccc7sc8ccccc8c67)c6c5oc5ccccc56)c34)n2)cc1. The summed E-state index contributed by atoms with van der Waals surface area (Å²) in [6.07, 6.45) is 0. The van der Waals surface area contributed by atoms with Gasteiger partial charge in [0, 0.05) is 64.0 Å². The van der Waals surface area contributed by atoms with Gasteiger partial charge in [-0.25, -0.2) is 15.0 Å².